The quantitative estimate of drug-likeness (QED) is 0.650. The molecule has 0 amide bonds. The number of alkyl halides is 2. The lowest BCUT2D eigenvalue weighted by molar-refractivity contribution is 0.147. The first-order valence-electron chi connectivity index (χ1n) is 5.30. The molecule has 1 rings (SSSR count). The molecule has 3 nitrogen and oxygen atoms in total. The highest BCUT2D eigenvalue weighted by molar-refractivity contribution is 5.64. The van der Waals surface area contributed by atoms with Gasteiger partial charge < -0.3 is 10.0 Å². The summed E-state index contributed by atoms with van der Waals surface area (Å²) in [7, 11) is 3.59. The number of benzene rings is 1. The Labute approximate surface area is 99.4 Å². The standard InChI is InChI=1S/C12H16F2N2O/c1-4-8-5-11(17)9(12(13)14)6-10(8)15-7-16(2)3/h5-7,12,17H,4H2,1-3H3. The molecule has 0 fully saturated rings. The molecule has 0 aliphatic heterocycles. The van der Waals surface area contributed by atoms with Gasteiger partial charge in [0.25, 0.3) is 6.43 Å². The smallest absolute Gasteiger partial charge is 0.267 e. The van der Waals surface area contributed by atoms with Crippen molar-refractivity contribution in [1.82, 2.24) is 4.90 Å². The Morgan fingerprint density at radius 1 is 1.41 bits per heavy atom. The highest BCUT2D eigenvalue weighted by Crippen LogP contribution is 2.34. The zero-order valence-electron chi connectivity index (χ0n) is 10.1. The van der Waals surface area contributed by atoms with Crippen LogP contribution in [-0.2, 0) is 6.42 Å². The van der Waals surface area contributed by atoms with Gasteiger partial charge in [0, 0.05) is 14.1 Å². The van der Waals surface area contributed by atoms with Crippen LogP contribution in [0.2, 0.25) is 0 Å². The van der Waals surface area contributed by atoms with Gasteiger partial charge in [-0.3, -0.25) is 0 Å². The summed E-state index contributed by atoms with van der Waals surface area (Å²) in [5.41, 5.74) is 0.826. The number of halogens is 2. The van der Waals surface area contributed by atoms with E-state index in [9.17, 15) is 13.9 Å². The molecule has 1 N–H and O–H groups in total. The Morgan fingerprint density at radius 2 is 2.06 bits per heavy atom. The van der Waals surface area contributed by atoms with E-state index in [1.54, 1.807) is 25.3 Å². The van der Waals surface area contributed by atoms with E-state index in [0.29, 0.717) is 12.1 Å². The third-order valence-electron chi connectivity index (χ3n) is 2.27. The van der Waals surface area contributed by atoms with Crippen LogP contribution >= 0.6 is 0 Å². The summed E-state index contributed by atoms with van der Waals surface area (Å²) in [6.07, 6.45) is -0.535. The molecule has 94 valence electrons. The number of phenols is 1. The van der Waals surface area contributed by atoms with Crippen molar-refractivity contribution in [3.63, 3.8) is 0 Å². The van der Waals surface area contributed by atoms with E-state index in [4.69, 9.17) is 0 Å². The molecule has 0 bridgehead atoms. The zero-order chi connectivity index (χ0) is 13.0. The minimum absolute atomic E-state index is 0.374. The first-order valence-corrected chi connectivity index (χ1v) is 5.30. The summed E-state index contributed by atoms with van der Waals surface area (Å²) in [5, 5.41) is 9.45. The van der Waals surface area contributed by atoms with E-state index in [-0.39, 0.29) is 11.3 Å². The summed E-state index contributed by atoms with van der Waals surface area (Å²) in [6, 6.07) is 2.59. The second-order valence-electron chi connectivity index (χ2n) is 3.90. The van der Waals surface area contributed by atoms with Gasteiger partial charge in [0.05, 0.1) is 17.6 Å². The first-order chi connectivity index (χ1) is 7.95. The minimum atomic E-state index is -2.70. The van der Waals surface area contributed by atoms with E-state index in [1.807, 2.05) is 6.92 Å². The van der Waals surface area contributed by atoms with Crippen molar-refractivity contribution in [2.45, 2.75) is 19.8 Å². The maximum absolute atomic E-state index is 12.6. The van der Waals surface area contributed by atoms with Crippen LogP contribution in [0.1, 0.15) is 24.5 Å². The normalized spacial score (nSPS) is 11.4. The molecule has 0 saturated heterocycles. The molecule has 17 heavy (non-hydrogen) atoms. The minimum Gasteiger partial charge on any atom is -0.507 e. The molecule has 1 aromatic carbocycles. The highest BCUT2D eigenvalue weighted by atomic mass is 19.3. The largest absolute Gasteiger partial charge is 0.507 e. The molecule has 0 radical (unpaired) electrons. The third kappa shape index (κ3) is 3.41. The van der Waals surface area contributed by atoms with Crippen molar-refractivity contribution >= 4 is 12.0 Å². The number of aryl methyl sites for hydroxylation is 1. The lowest BCUT2D eigenvalue weighted by Gasteiger charge is -2.10. The van der Waals surface area contributed by atoms with Crippen LogP contribution in [-0.4, -0.2) is 30.4 Å². The number of aromatic hydroxyl groups is 1. The van der Waals surface area contributed by atoms with Crippen LogP contribution < -0.4 is 0 Å². The van der Waals surface area contributed by atoms with Crippen molar-refractivity contribution in [1.29, 1.82) is 0 Å². The molecule has 0 spiro atoms. The zero-order valence-corrected chi connectivity index (χ0v) is 10.1. The van der Waals surface area contributed by atoms with Crippen molar-refractivity contribution in [3.05, 3.63) is 23.3 Å². The number of hydrogen-bond donors (Lipinski definition) is 1. The van der Waals surface area contributed by atoms with E-state index < -0.39 is 6.43 Å². The molecule has 0 aromatic heterocycles. The molecule has 0 aliphatic rings. The molecular formula is C12H16F2N2O. The second kappa shape index (κ2) is 5.61. The second-order valence-corrected chi connectivity index (χ2v) is 3.90. The summed E-state index contributed by atoms with van der Waals surface area (Å²) < 4.78 is 25.2. The number of hydrogen-bond acceptors (Lipinski definition) is 2. The Bertz CT molecular complexity index is 417. The number of aliphatic imine (C=N–C) groups is 1. The van der Waals surface area contributed by atoms with Gasteiger partial charge in [-0.1, -0.05) is 6.92 Å². The van der Waals surface area contributed by atoms with Gasteiger partial charge in [0.2, 0.25) is 0 Å². The van der Waals surface area contributed by atoms with Gasteiger partial charge in [0.15, 0.2) is 0 Å². The number of nitrogens with zero attached hydrogens (tertiary/aromatic N) is 2. The van der Waals surface area contributed by atoms with E-state index in [2.05, 4.69) is 4.99 Å². The Hall–Kier alpha value is -1.65. The SMILES string of the molecule is CCc1cc(O)c(C(F)F)cc1N=CN(C)C. The Kier molecular flexibility index (Phi) is 4.43. The van der Waals surface area contributed by atoms with Crippen molar-refractivity contribution < 1.29 is 13.9 Å². The maximum atomic E-state index is 12.6. The van der Waals surface area contributed by atoms with Crippen LogP contribution in [0.5, 0.6) is 5.75 Å². The molecule has 5 heteroatoms. The fourth-order valence-electron chi connectivity index (χ4n) is 1.39. The molecule has 1 aromatic rings. The average molecular weight is 242 g/mol. The fraction of sp³-hybridized carbons (Fsp3) is 0.417. The lowest BCUT2D eigenvalue weighted by Crippen LogP contribution is -2.07. The van der Waals surface area contributed by atoms with Crippen molar-refractivity contribution in [2.24, 2.45) is 4.99 Å². The fourth-order valence-corrected chi connectivity index (χ4v) is 1.39. The van der Waals surface area contributed by atoms with Crippen LogP contribution in [0.4, 0.5) is 14.5 Å². The van der Waals surface area contributed by atoms with Crippen LogP contribution in [0.25, 0.3) is 0 Å². The predicted octanol–water partition coefficient (Wildman–Crippen LogP) is 3.11. The van der Waals surface area contributed by atoms with Crippen molar-refractivity contribution in [2.75, 3.05) is 14.1 Å². The van der Waals surface area contributed by atoms with Gasteiger partial charge in [0.1, 0.15) is 5.75 Å². The van der Waals surface area contributed by atoms with E-state index in [0.717, 1.165) is 5.56 Å². The van der Waals surface area contributed by atoms with Crippen LogP contribution in [0, 0.1) is 0 Å². The highest BCUT2D eigenvalue weighted by Gasteiger charge is 2.15. The average Bonchev–Trinajstić information content (AvgIpc) is 2.26. The van der Waals surface area contributed by atoms with Crippen molar-refractivity contribution in [3.8, 4) is 5.75 Å². The molecule has 0 saturated carbocycles. The van der Waals surface area contributed by atoms with E-state index in [1.165, 1.54) is 12.1 Å². The molecule has 0 atom stereocenters. The van der Waals surface area contributed by atoms with Gasteiger partial charge >= 0.3 is 0 Å². The summed E-state index contributed by atoms with van der Waals surface area (Å²) >= 11 is 0. The summed E-state index contributed by atoms with van der Waals surface area (Å²) in [5.74, 6) is -0.374. The number of rotatable bonds is 4. The predicted molar refractivity (Wildman–Crippen MR) is 64.3 cm³/mol. The monoisotopic (exact) mass is 242 g/mol. The molecule has 0 aliphatic carbocycles. The molecule has 0 unspecified atom stereocenters. The number of phenolic OH excluding ortho intramolecular Hbond substituents is 1. The third-order valence-corrected chi connectivity index (χ3v) is 2.27. The van der Waals surface area contributed by atoms with Crippen LogP contribution in [0.15, 0.2) is 17.1 Å². The van der Waals surface area contributed by atoms with Gasteiger partial charge in [-0.15, -0.1) is 0 Å². The summed E-state index contributed by atoms with van der Waals surface area (Å²) in [4.78, 5) is 5.83. The van der Waals surface area contributed by atoms with Crippen LogP contribution in [0.3, 0.4) is 0 Å². The Morgan fingerprint density at radius 3 is 2.53 bits per heavy atom. The van der Waals surface area contributed by atoms with Gasteiger partial charge in [-0.2, -0.15) is 0 Å². The first kappa shape index (κ1) is 13.4. The van der Waals surface area contributed by atoms with Gasteiger partial charge in [-0.05, 0) is 24.1 Å². The van der Waals surface area contributed by atoms with E-state index >= 15 is 0 Å². The van der Waals surface area contributed by atoms with Gasteiger partial charge in [-0.25, -0.2) is 13.8 Å². The topological polar surface area (TPSA) is 35.8 Å². The Balaban J connectivity index is 3.21. The maximum Gasteiger partial charge on any atom is 0.267 e. The lowest BCUT2D eigenvalue weighted by atomic mass is 10.1. The molecule has 0 heterocycles. The summed E-state index contributed by atoms with van der Waals surface area (Å²) in [6.45, 7) is 1.88. The molecular weight excluding hydrogens is 226 g/mol.